The van der Waals surface area contributed by atoms with Crippen LogP contribution >= 0.6 is 0 Å². The molecule has 136 valence electrons. The third kappa shape index (κ3) is 4.72. The predicted octanol–water partition coefficient (Wildman–Crippen LogP) is 2.61. The van der Waals surface area contributed by atoms with Gasteiger partial charge >= 0.3 is 0 Å². The number of carbonyl (C=O) groups excluding carboxylic acids is 1. The van der Waals surface area contributed by atoms with Gasteiger partial charge in [0.15, 0.2) is 0 Å². The molecule has 0 aromatic carbocycles. The van der Waals surface area contributed by atoms with E-state index in [1.807, 2.05) is 37.0 Å². The van der Waals surface area contributed by atoms with Crippen LogP contribution in [-0.2, 0) is 17.9 Å². The van der Waals surface area contributed by atoms with E-state index in [1.165, 1.54) is 12.0 Å². The highest BCUT2D eigenvalue weighted by Crippen LogP contribution is 2.19. The lowest BCUT2D eigenvalue weighted by molar-refractivity contribution is -0.133. The Morgan fingerprint density at radius 2 is 2.20 bits per heavy atom. The Morgan fingerprint density at radius 3 is 2.88 bits per heavy atom. The average Bonchev–Trinajstić information content (AvgIpc) is 3.17. The fraction of sp³-hybridized carbons (Fsp3) is 0.579. The van der Waals surface area contributed by atoms with E-state index in [1.54, 1.807) is 4.90 Å². The van der Waals surface area contributed by atoms with E-state index >= 15 is 0 Å². The Kier molecular flexibility index (Phi) is 5.58. The molecule has 0 N–H and O–H groups in total. The molecule has 6 nitrogen and oxygen atoms in total. The maximum atomic E-state index is 12.6. The van der Waals surface area contributed by atoms with Gasteiger partial charge in [-0.3, -0.25) is 14.4 Å². The van der Waals surface area contributed by atoms with E-state index in [2.05, 4.69) is 23.1 Å². The third-order valence-corrected chi connectivity index (χ3v) is 4.86. The zero-order valence-electron chi connectivity index (χ0n) is 15.4. The van der Waals surface area contributed by atoms with E-state index < -0.39 is 0 Å². The molecule has 25 heavy (non-hydrogen) atoms. The van der Waals surface area contributed by atoms with Crippen LogP contribution in [0.15, 0.2) is 28.9 Å². The smallest absolute Gasteiger partial charge is 0.236 e. The molecule has 2 aromatic rings. The maximum absolute atomic E-state index is 12.6. The van der Waals surface area contributed by atoms with E-state index in [9.17, 15) is 4.79 Å². The van der Waals surface area contributed by atoms with Gasteiger partial charge in [0.1, 0.15) is 11.5 Å². The second-order valence-corrected chi connectivity index (χ2v) is 7.12. The van der Waals surface area contributed by atoms with Gasteiger partial charge in [0, 0.05) is 19.3 Å². The Balaban J connectivity index is 1.57. The first-order chi connectivity index (χ1) is 12.0. The van der Waals surface area contributed by atoms with Crippen molar-refractivity contribution in [3.05, 3.63) is 41.6 Å². The van der Waals surface area contributed by atoms with Crippen LogP contribution in [0.1, 0.15) is 36.3 Å². The first-order valence-corrected chi connectivity index (χ1v) is 9.03. The van der Waals surface area contributed by atoms with Crippen molar-refractivity contribution < 1.29 is 9.21 Å². The molecule has 0 bridgehead atoms. The number of nitrogens with zero attached hydrogens (tertiary/aromatic N) is 4. The molecule has 1 atom stereocenters. The van der Waals surface area contributed by atoms with Gasteiger partial charge in [-0.1, -0.05) is 6.42 Å². The molecular formula is C19H28N4O2. The number of hydrogen-bond acceptors (Lipinski definition) is 4. The average molecular weight is 344 g/mol. The molecule has 3 heterocycles. The summed E-state index contributed by atoms with van der Waals surface area (Å²) in [5.74, 6) is 1.84. The summed E-state index contributed by atoms with van der Waals surface area (Å²) in [5.41, 5.74) is 1.17. The molecule has 1 saturated heterocycles. The molecule has 6 heteroatoms. The lowest BCUT2D eigenvalue weighted by atomic mass is 10.0. The summed E-state index contributed by atoms with van der Waals surface area (Å²) in [6.07, 6.45) is 7.45. The topological polar surface area (TPSA) is 54.5 Å². The molecule has 0 radical (unpaired) electrons. The molecule has 0 saturated carbocycles. The summed E-state index contributed by atoms with van der Waals surface area (Å²) in [6, 6.07) is 4.24. The van der Waals surface area contributed by atoms with Crippen molar-refractivity contribution in [1.29, 1.82) is 0 Å². The van der Waals surface area contributed by atoms with Gasteiger partial charge in [-0.25, -0.2) is 0 Å². The van der Waals surface area contributed by atoms with Crippen LogP contribution in [0.4, 0.5) is 0 Å². The predicted molar refractivity (Wildman–Crippen MR) is 96.1 cm³/mol. The van der Waals surface area contributed by atoms with Gasteiger partial charge in [0.25, 0.3) is 0 Å². The standard InChI is InChI=1S/C19H28N4O2/c1-15-10-20-23(11-15)12-17-6-4-5-9-22(17)14-19(24)21(3)13-18-8-7-16(2)25-18/h7-8,10-11,17H,4-6,9,12-14H2,1-3H3/t17-/m1/s1. The second-order valence-electron chi connectivity index (χ2n) is 7.12. The molecule has 0 spiro atoms. The van der Waals surface area contributed by atoms with E-state index in [4.69, 9.17) is 4.42 Å². The van der Waals surface area contributed by atoms with Crippen LogP contribution < -0.4 is 0 Å². The normalized spacial score (nSPS) is 18.4. The van der Waals surface area contributed by atoms with Gasteiger partial charge in [-0.15, -0.1) is 0 Å². The summed E-state index contributed by atoms with van der Waals surface area (Å²) >= 11 is 0. The van der Waals surface area contributed by atoms with Crippen molar-refractivity contribution in [2.75, 3.05) is 20.1 Å². The number of likely N-dealkylation sites (N-methyl/N-ethyl adjacent to an activating group) is 1. The Labute approximate surface area is 149 Å². The number of amides is 1. The number of carbonyl (C=O) groups is 1. The lowest BCUT2D eigenvalue weighted by Crippen LogP contribution is -2.47. The minimum atomic E-state index is 0.137. The van der Waals surface area contributed by atoms with E-state index in [0.717, 1.165) is 37.5 Å². The SMILES string of the molecule is Cc1cnn(C[C@H]2CCCCN2CC(=O)N(C)Cc2ccc(C)o2)c1. The summed E-state index contributed by atoms with van der Waals surface area (Å²) in [5, 5.41) is 4.40. The summed E-state index contributed by atoms with van der Waals surface area (Å²) in [6.45, 7) is 6.77. The summed E-state index contributed by atoms with van der Waals surface area (Å²) in [4.78, 5) is 16.7. The first kappa shape index (κ1) is 17.7. The largest absolute Gasteiger partial charge is 0.464 e. The number of piperidine rings is 1. The molecule has 3 rings (SSSR count). The minimum absolute atomic E-state index is 0.137. The van der Waals surface area contributed by atoms with Crippen molar-refractivity contribution in [2.45, 2.75) is 52.2 Å². The van der Waals surface area contributed by atoms with Crippen LogP contribution in [-0.4, -0.2) is 51.7 Å². The van der Waals surface area contributed by atoms with Gasteiger partial charge in [0.05, 0.1) is 25.8 Å². The Morgan fingerprint density at radius 1 is 1.36 bits per heavy atom. The minimum Gasteiger partial charge on any atom is -0.464 e. The van der Waals surface area contributed by atoms with Gasteiger partial charge < -0.3 is 9.32 Å². The van der Waals surface area contributed by atoms with Crippen LogP contribution in [0.25, 0.3) is 0 Å². The number of hydrogen-bond donors (Lipinski definition) is 0. The zero-order chi connectivity index (χ0) is 17.8. The van der Waals surface area contributed by atoms with Gasteiger partial charge in [-0.05, 0) is 50.9 Å². The number of rotatable bonds is 6. The molecule has 1 aliphatic rings. The Bertz CT molecular complexity index is 706. The summed E-state index contributed by atoms with van der Waals surface area (Å²) < 4.78 is 7.58. The molecule has 0 aliphatic carbocycles. The molecule has 0 unspecified atom stereocenters. The van der Waals surface area contributed by atoms with Crippen LogP contribution in [0.5, 0.6) is 0 Å². The Hall–Kier alpha value is -2.08. The second kappa shape index (κ2) is 7.87. The van der Waals surface area contributed by atoms with Crippen LogP contribution in [0.2, 0.25) is 0 Å². The fourth-order valence-electron chi connectivity index (χ4n) is 3.44. The lowest BCUT2D eigenvalue weighted by Gasteiger charge is -2.36. The molecule has 1 fully saturated rings. The first-order valence-electron chi connectivity index (χ1n) is 9.03. The third-order valence-electron chi connectivity index (χ3n) is 4.86. The fourth-order valence-corrected chi connectivity index (χ4v) is 3.44. The summed E-state index contributed by atoms with van der Waals surface area (Å²) in [7, 11) is 1.84. The zero-order valence-corrected chi connectivity index (χ0v) is 15.4. The molecule has 1 amide bonds. The number of aryl methyl sites for hydroxylation is 2. The van der Waals surface area contributed by atoms with Crippen molar-refractivity contribution in [2.24, 2.45) is 0 Å². The highest BCUT2D eigenvalue weighted by atomic mass is 16.3. The van der Waals surface area contributed by atoms with Gasteiger partial charge in [-0.2, -0.15) is 5.10 Å². The van der Waals surface area contributed by atoms with Crippen LogP contribution in [0, 0.1) is 13.8 Å². The van der Waals surface area contributed by atoms with Crippen molar-refractivity contribution >= 4 is 5.91 Å². The van der Waals surface area contributed by atoms with E-state index in [0.29, 0.717) is 19.1 Å². The monoisotopic (exact) mass is 344 g/mol. The molecule has 1 aliphatic heterocycles. The van der Waals surface area contributed by atoms with Crippen LogP contribution in [0.3, 0.4) is 0 Å². The highest BCUT2D eigenvalue weighted by molar-refractivity contribution is 5.78. The number of aromatic nitrogens is 2. The van der Waals surface area contributed by atoms with Crippen molar-refractivity contribution in [1.82, 2.24) is 19.6 Å². The number of furan rings is 1. The van der Waals surface area contributed by atoms with Crippen molar-refractivity contribution in [3.63, 3.8) is 0 Å². The molecular weight excluding hydrogens is 316 g/mol. The number of likely N-dealkylation sites (tertiary alicyclic amines) is 1. The molecule has 2 aromatic heterocycles. The maximum Gasteiger partial charge on any atom is 0.236 e. The van der Waals surface area contributed by atoms with Gasteiger partial charge in [0.2, 0.25) is 5.91 Å². The quantitative estimate of drug-likeness (QED) is 0.808. The van der Waals surface area contributed by atoms with E-state index in [-0.39, 0.29) is 5.91 Å². The van der Waals surface area contributed by atoms with Crippen molar-refractivity contribution in [3.8, 4) is 0 Å². The highest BCUT2D eigenvalue weighted by Gasteiger charge is 2.26.